The molecule has 0 amide bonds. The molecule has 0 unspecified atom stereocenters. The van der Waals surface area contributed by atoms with E-state index in [0.29, 0.717) is 12.8 Å². The molecule has 4 heteroatoms. The van der Waals surface area contributed by atoms with Crippen LogP contribution in [0.5, 0.6) is 0 Å². The van der Waals surface area contributed by atoms with Gasteiger partial charge in [0.25, 0.3) is 0 Å². The minimum Gasteiger partial charge on any atom is -0.481 e. The van der Waals surface area contributed by atoms with Gasteiger partial charge in [-0.1, -0.05) is 6.07 Å². The first-order chi connectivity index (χ1) is 7.60. The normalized spacial score (nSPS) is 15.6. The van der Waals surface area contributed by atoms with Gasteiger partial charge in [0.05, 0.1) is 6.61 Å². The number of benzene rings is 1. The van der Waals surface area contributed by atoms with Crippen LogP contribution in [0.25, 0.3) is 0 Å². The number of carbonyl (C=O) groups is 1. The summed E-state index contributed by atoms with van der Waals surface area (Å²) in [5.74, 6) is -0.882. The maximum absolute atomic E-state index is 10.4. The van der Waals surface area contributed by atoms with Gasteiger partial charge in [0.2, 0.25) is 0 Å². The quantitative estimate of drug-likeness (QED) is 0.667. The van der Waals surface area contributed by atoms with Crippen molar-refractivity contribution in [1.82, 2.24) is 0 Å². The minimum absolute atomic E-state index is 0. The van der Waals surface area contributed by atoms with Crippen LogP contribution in [0.15, 0.2) is 30.3 Å². The van der Waals surface area contributed by atoms with Crippen molar-refractivity contribution in [2.45, 2.75) is 12.8 Å². The number of aliphatic hydroxyl groups excluding tert-OH is 1. The van der Waals surface area contributed by atoms with Crippen molar-refractivity contribution in [2.75, 3.05) is 6.61 Å². The summed E-state index contributed by atoms with van der Waals surface area (Å²) < 4.78 is 0. The van der Waals surface area contributed by atoms with E-state index in [4.69, 9.17) is 10.2 Å². The van der Waals surface area contributed by atoms with Gasteiger partial charge in [0, 0.05) is 5.41 Å². The molecule has 1 aliphatic rings. The van der Waals surface area contributed by atoms with Gasteiger partial charge >= 0.3 is 37.1 Å². The van der Waals surface area contributed by atoms with E-state index in [1.165, 1.54) is 0 Å². The van der Waals surface area contributed by atoms with E-state index in [1.54, 1.807) is 0 Å². The number of carboxylic acids is 1. The van der Waals surface area contributed by atoms with Crippen LogP contribution in [0, 0.1) is 49.9 Å². The molecule has 0 atom stereocenters. The Balaban J connectivity index is 0.000000292. The summed E-state index contributed by atoms with van der Waals surface area (Å²) in [5, 5.41) is 17.1. The van der Waals surface area contributed by atoms with Gasteiger partial charge < -0.3 is 16.6 Å². The standard InChI is InChI=1S/C7H7.C6H9O3.U/c1-7-5-3-2-4-6-7;7-4-6(5(8)9)2-1-3-6;/h2-6H,1H2;1,7H,2-4H2,(H,8,9);/q2*-1;+2. The maximum Gasteiger partial charge on any atom is 2.00 e. The van der Waals surface area contributed by atoms with Crippen molar-refractivity contribution in [3.05, 3.63) is 49.2 Å². The molecule has 1 aromatic rings. The van der Waals surface area contributed by atoms with Gasteiger partial charge in [-0.05, 0) is 0 Å². The Morgan fingerprint density at radius 3 is 2.00 bits per heavy atom. The zero-order valence-electron chi connectivity index (χ0n) is 9.60. The molecule has 0 bridgehead atoms. The molecule has 1 fully saturated rings. The smallest absolute Gasteiger partial charge is 0.481 e. The van der Waals surface area contributed by atoms with Crippen LogP contribution in [0.2, 0.25) is 0 Å². The predicted molar refractivity (Wildman–Crippen MR) is 61.6 cm³/mol. The van der Waals surface area contributed by atoms with E-state index in [1.807, 2.05) is 36.8 Å². The molecule has 17 heavy (non-hydrogen) atoms. The van der Waals surface area contributed by atoms with Crippen LogP contribution < -0.4 is 0 Å². The fourth-order valence-electron chi connectivity index (χ4n) is 1.34. The van der Waals surface area contributed by atoms with Gasteiger partial charge in [0.15, 0.2) is 0 Å². The summed E-state index contributed by atoms with van der Waals surface area (Å²) >= 11 is 0. The fraction of sp³-hybridized carbons (Fsp3) is 0.308. The van der Waals surface area contributed by atoms with E-state index in [-0.39, 0.29) is 37.7 Å². The number of hydrogen-bond donors (Lipinski definition) is 2. The van der Waals surface area contributed by atoms with Crippen molar-refractivity contribution in [3.63, 3.8) is 0 Å². The number of aliphatic carboxylic acids is 1. The molecule has 0 aromatic heterocycles. The minimum atomic E-state index is -0.882. The van der Waals surface area contributed by atoms with Gasteiger partial charge in [-0.3, -0.25) is 4.79 Å². The molecule has 2 N–H and O–H groups in total. The van der Waals surface area contributed by atoms with E-state index in [2.05, 4.69) is 6.92 Å². The van der Waals surface area contributed by atoms with Crippen molar-refractivity contribution in [1.29, 1.82) is 0 Å². The Kier molecular flexibility index (Phi) is 7.62. The van der Waals surface area contributed by atoms with Crippen LogP contribution in [0.1, 0.15) is 18.4 Å². The second kappa shape index (κ2) is 7.81. The molecule has 90 valence electrons. The van der Waals surface area contributed by atoms with E-state index in [0.717, 1.165) is 5.56 Å². The second-order valence-electron chi connectivity index (χ2n) is 3.93. The molecule has 0 spiro atoms. The van der Waals surface area contributed by atoms with Gasteiger partial charge in [-0.2, -0.15) is 37.5 Å². The number of rotatable bonds is 2. The molecular weight excluding hydrogens is 442 g/mol. The third kappa shape index (κ3) is 4.75. The predicted octanol–water partition coefficient (Wildman–Crippen LogP) is 1.92. The number of hydrogen-bond acceptors (Lipinski definition) is 2. The summed E-state index contributed by atoms with van der Waals surface area (Å²) in [6.45, 7) is 3.48. The zero-order valence-corrected chi connectivity index (χ0v) is 13.8. The van der Waals surface area contributed by atoms with Crippen LogP contribution >= 0.6 is 0 Å². The van der Waals surface area contributed by atoms with Crippen LogP contribution in [-0.2, 0) is 4.79 Å². The van der Waals surface area contributed by atoms with Crippen LogP contribution in [-0.4, -0.2) is 22.8 Å². The summed E-state index contributed by atoms with van der Waals surface area (Å²) in [5.41, 5.74) is 0.252. The molecule has 1 saturated carbocycles. The Morgan fingerprint density at radius 1 is 1.35 bits per heavy atom. The van der Waals surface area contributed by atoms with Crippen molar-refractivity contribution in [2.24, 2.45) is 5.41 Å². The van der Waals surface area contributed by atoms with E-state index in [9.17, 15) is 4.79 Å². The average molecular weight is 458 g/mol. The fourth-order valence-corrected chi connectivity index (χ4v) is 1.34. The zero-order chi connectivity index (χ0) is 12.0. The molecule has 3 nitrogen and oxygen atoms in total. The Morgan fingerprint density at radius 2 is 1.88 bits per heavy atom. The summed E-state index contributed by atoms with van der Waals surface area (Å²) in [4.78, 5) is 10.4. The SMILES string of the molecule is O=C(O)C1(CO)C[CH-]C1.[CH2-]c1ccccc1.[U+2]. The average Bonchev–Trinajstić information content (AvgIpc) is 2.18. The Bertz CT molecular complexity index is 328. The first-order valence-corrected chi connectivity index (χ1v) is 5.14. The summed E-state index contributed by atoms with van der Waals surface area (Å²) in [6.07, 6.45) is 2.89. The third-order valence-electron chi connectivity index (χ3n) is 2.67. The first-order valence-electron chi connectivity index (χ1n) is 5.14. The molecule has 0 heterocycles. The van der Waals surface area contributed by atoms with Gasteiger partial charge in [0.1, 0.15) is 0 Å². The van der Waals surface area contributed by atoms with Crippen molar-refractivity contribution in [3.8, 4) is 0 Å². The largest absolute Gasteiger partial charge is 2.00 e. The van der Waals surface area contributed by atoms with Crippen molar-refractivity contribution >= 4 is 5.97 Å². The molecule has 1 aromatic carbocycles. The first kappa shape index (κ1) is 16.6. The van der Waals surface area contributed by atoms with Gasteiger partial charge in [-0.25, -0.2) is 0 Å². The molecular formula is C13H16O3U. The third-order valence-corrected chi connectivity index (χ3v) is 2.67. The second-order valence-corrected chi connectivity index (χ2v) is 3.93. The molecule has 0 radical (unpaired) electrons. The Labute approximate surface area is 126 Å². The number of carboxylic acid groups (broad SMARTS) is 1. The molecule has 1 aliphatic carbocycles. The molecule has 0 saturated heterocycles. The van der Waals surface area contributed by atoms with E-state index >= 15 is 0 Å². The molecule has 0 aliphatic heterocycles. The summed E-state index contributed by atoms with van der Waals surface area (Å²) in [7, 11) is 0. The van der Waals surface area contributed by atoms with Crippen LogP contribution in [0.4, 0.5) is 0 Å². The number of aliphatic hydroxyl groups is 1. The summed E-state index contributed by atoms with van der Waals surface area (Å²) in [6, 6.07) is 9.87. The monoisotopic (exact) mass is 458 g/mol. The van der Waals surface area contributed by atoms with Gasteiger partial charge in [-0.15, -0.1) is 12.1 Å². The topological polar surface area (TPSA) is 57.5 Å². The van der Waals surface area contributed by atoms with Crippen molar-refractivity contribution < 1.29 is 46.1 Å². The Hall–Kier alpha value is -0.428. The maximum atomic E-state index is 10.4. The van der Waals surface area contributed by atoms with E-state index < -0.39 is 11.4 Å². The van der Waals surface area contributed by atoms with Crippen LogP contribution in [0.3, 0.4) is 0 Å². The molecule has 2 rings (SSSR count).